The molecule has 418 valence electrons. The number of rotatable bonds is 59. The van der Waals surface area contributed by atoms with Crippen molar-refractivity contribution in [1.82, 2.24) is 0 Å². The van der Waals surface area contributed by atoms with Gasteiger partial charge in [-0.15, -0.1) is 0 Å². The van der Waals surface area contributed by atoms with E-state index in [1.54, 1.807) is 0 Å². The summed E-state index contributed by atoms with van der Waals surface area (Å²) in [4.78, 5) is 38.2. The Labute approximate surface area is 443 Å². The molecule has 0 heterocycles. The van der Waals surface area contributed by atoms with Crippen LogP contribution < -0.4 is 0 Å². The van der Waals surface area contributed by atoms with Crippen LogP contribution in [-0.2, 0) is 28.6 Å². The molecule has 0 aromatic heterocycles. The molecule has 0 aromatic rings. The fourth-order valence-corrected chi connectivity index (χ4v) is 9.65. The highest BCUT2D eigenvalue weighted by molar-refractivity contribution is 5.71. The molecule has 0 rings (SSSR count). The normalized spacial score (nSPS) is 12.1. The van der Waals surface area contributed by atoms with E-state index in [1.807, 2.05) is 0 Å². The minimum Gasteiger partial charge on any atom is -0.462 e. The lowest BCUT2D eigenvalue weighted by Gasteiger charge is -2.18. The molecular formula is C65H122O6. The van der Waals surface area contributed by atoms with E-state index in [1.165, 1.54) is 238 Å². The predicted octanol–water partition coefficient (Wildman–Crippen LogP) is 21.4. The van der Waals surface area contributed by atoms with Crippen molar-refractivity contribution in [3.8, 4) is 0 Å². The Morgan fingerprint density at radius 2 is 0.507 bits per heavy atom. The Balaban J connectivity index is 4.14. The van der Waals surface area contributed by atoms with Crippen LogP contribution in [0.4, 0.5) is 0 Å². The first-order valence-electron chi connectivity index (χ1n) is 31.8. The molecule has 0 aliphatic carbocycles. The lowest BCUT2D eigenvalue weighted by Crippen LogP contribution is -2.30. The molecule has 0 amide bonds. The van der Waals surface area contributed by atoms with Crippen molar-refractivity contribution in [3.63, 3.8) is 0 Å². The Morgan fingerprint density at radius 1 is 0.282 bits per heavy atom. The lowest BCUT2D eigenvalue weighted by molar-refractivity contribution is -0.167. The van der Waals surface area contributed by atoms with Gasteiger partial charge in [-0.2, -0.15) is 0 Å². The zero-order valence-corrected chi connectivity index (χ0v) is 48.0. The molecule has 0 saturated carbocycles. The van der Waals surface area contributed by atoms with Crippen LogP contribution in [0, 0.1) is 0 Å². The summed E-state index contributed by atoms with van der Waals surface area (Å²) in [6, 6.07) is 0. The van der Waals surface area contributed by atoms with Gasteiger partial charge >= 0.3 is 17.9 Å². The van der Waals surface area contributed by atoms with Crippen molar-refractivity contribution in [2.24, 2.45) is 0 Å². The van der Waals surface area contributed by atoms with Crippen LogP contribution in [-0.4, -0.2) is 37.2 Å². The van der Waals surface area contributed by atoms with Crippen LogP contribution in [0.1, 0.15) is 355 Å². The second kappa shape index (κ2) is 60.4. The molecule has 1 unspecified atom stereocenters. The Hall–Kier alpha value is -2.11. The van der Waals surface area contributed by atoms with E-state index in [9.17, 15) is 14.4 Å². The maximum atomic E-state index is 12.8. The SMILES string of the molecule is CCCCC/C=C\C/C=C\CCCCCCCC(=O)OC(COC(=O)CCCCCCCCCCCCC)COC(=O)CCCCCCCCCCCCCCCCCCCCCCCCCCCCC. The average Bonchev–Trinajstić information content (AvgIpc) is 3.37. The average molecular weight is 1000 g/mol. The van der Waals surface area contributed by atoms with Crippen molar-refractivity contribution < 1.29 is 28.6 Å². The first-order chi connectivity index (χ1) is 35.0. The second-order valence-electron chi connectivity index (χ2n) is 21.7. The third kappa shape index (κ3) is 58.7. The summed E-state index contributed by atoms with van der Waals surface area (Å²) in [5, 5.41) is 0. The maximum Gasteiger partial charge on any atom is 0.306 e. The van der Waals surface area contributed by atoms with Gasteiger partial charge in [-0.3, -0.25) is 14.4 Å². The minimum absolute atomic E-state index is 0.0715. The molecule has 0 fully saturated rings. The largest absolute Gasteiger partial charge is 0.462 e. The highest BCUT2D eigenvalue weighted by atomic mass is 16.6. The van der Waals surface area contributed by atoms with Crippen molar-refractivity contribution in [2.45, 2.75) is 361 Å². The van der Waals surface area contributed by atoms with Gasteiger partial charge in [0.1, 0.15) is 13.2 Å². The summed E-state index contributed by atoms with van der Waals surface area (Å²) in [6.07, 6.45) is 72.0. The van der Waals surface area contributed by atoms with E-state index in [0.29, 0.717) is 19.3 Å². The van der Waals surface area contributed by atoms with Crippen molar-refractivity contribution in [2.75, 3.05) is 13.2 Å². The smallest absolute Gasteiger partial charge is 0.306 e. The van der Waals surface area contributed by atoms with E-state index in [2.05, 4.69) is 45.1 Å². The first-order valence-corrected chi connectivity index (χ1v) is 31.8. The fourth-order valence-electron chi connectivity index (χ4n) is 9.65. The van der Waals surface area contributed by atoms with Crippen molar-refractivity contribution in [3.05, 3.63) is 24.3 Å². The Bertz CT molecular complexity index is 1150. The van der Waals surface area contributed by atoms with Crippen molar-refractivity contribution >= 4 is 17.9 Å². The van der Waals surface area contributed by atoms with Gasteiger partial charge in [-0.1, -0.05) is 308 Å². The molecule has 1 atom stereocenters. The maximum absolute atomic E-state index is 12.8. The number of ether oxygens (including phenoxy) is 3. The molecule has 0 radical (unpaired) electrons. The van der Waals surface area contributed by atoms with Gasteiger partial charge < -0.3 is 14.2 Å². The summed E-state index contributed by atoms with van der Waals surface area (Å²) >= 11 is 0. The van der Waals surface area contributed by atoms with Gasteiger partial charge in [-0.05, 0) is 51.4 Å². The molecule has 0 aliphatic heterocycles. The number of allylic oxidation sites excluding steroid dienone is 4. The molecular weight excluding hydrogens is 877 g/mol. The molecule has 0 aromatic carbocycles. The van der Waals surface area contributed by atoms with Gasteiger partial charge in [0.25, 0.3) is 0 Å². The van der Waals surface area contributed by atoms with E-state index >= 15 is 0 Å². The van der Waals surface area contributed by atoms with E-state index in [-0.39, 0.29) is 31.1 Å². The van der Waals surface area contributed by atoms with Crippen LogP contribution in [0.2, 0.25) is 0 Å². The van der Waals surface area contributed by atoms with E-state index in [0.717, 1.165) is 77.0 Å². The van der Waals surface area contributed by atoms with Crippen molar-refractivity contribution in [1.29, 1.82) is 0 Å². The fraction of sp³-hybridized carbons (Fsp3) is 0.892. The molecule has 6 nitrogen and oxygen atoms in total. The van der Waals surface area contributed by atoms with Gasteiger partial charge in [0, 0.05) is 19.3 Å². The number of carbonyl (C=O) groups excluding carboxylic acids is 3. The summed E-state index contributed by atoms with van der Waals surface area (Å²) in [6.45, 7) is 6.65. The standard InChI is InChI=1S/C65H122O6/c1-4-7-10-13-16-19-22-24-26-27-28-29-30-31-32-33-34-35-36-37-39-40-43-46-49-52-55-58-64(67)70-61-62(60-69-63(66)57-54-51-48-45-42-21-18-15-12-9-6-3)71-65(68)59-56-53-50-47-44-41-38-25-23-20-17-14-11-8-5-2/h17,20,25,38,62H,4-16,18-19,21-24,26-37,39-61H2,1-3H3/b20-17-,38-25-. The Kier molecular flexibility index (Phi) is 58.6. The first kappa shape index (κ1) is 68.9. The highest BCUT2D eigenvalue weighted by Gasteiger charge is 2.19. The van der Waals surface area contributed by atoms with Gasteiger partial charge in [0.05, 0.1) is 0 Å². The lowest BCUT2D eigenvalue weighted by atomic mass is 10.0. The number of unbranched alkanes of at least 4 members (excludes halogenated alkanes) is 44. The molecule has 0 saturated heterocycles. The van der Waals surface area contributed by atoms with Gasteiger partial charge in [0.2, 0.25) is 0 Å². The molecule has 71 heavy (non-hydrogen) atoms. The molecule has 0 spiro atoms. The van der Waals surface area contributed by atoms with Crippen LogP contribution in [0.15, 0.2) is 24.3 Å². The summed E-state index contributed by atoms with van der Waals surface area (Å²) in [5.41, 5.74) is 0. The van der Waals surface area contributed by atoms with Crippen LogP contribution in [0.25, 0.3) is 0 Å². The number of carbonyl (C=O) groups is 3. The zero-order chi connectivity index (χ0) is 51.4. The molecule has 0 bridgehead atoms. The highest BCUT2D eigenvalue weighted by Crippen LogP contribution is 2.18. The zero-order valence-electron chi connectivity index (χ0n) is 48.0. The summed E-state index contributed by atoms with van der Waals surface area (Å²) in [5.74, 6) is -0.863. The number of hydrogen-bond acceptors (Lipinski definition) is 6. The van der Waals surface area contributed by atoms with E-state index < -0.39 is 6.10 Å². The molecule has 6 heteroatoms. The van der Waals surface area contributed by atoms with Crippen LogP contribution in [0.5, 0.6) is 0 Å². The number of esters is 3. The summed E-state index contributed by atoms with van der Waals surface area (Å²) in [7, 11) is 0. The minimum atomic E-state index is -0.774. The molecule has 0 aliphatic rings. The predicted molar refractivity (Wildman–Crippen MR) is 307 cm³/mol. The monoisotopic (exact) mass is 999 g/mol. The Morgan fingerprint density at radius 3 is 0.803 bits per heavy atom. The van der Waals surface area contributed by atoms with E-state index in [4.69, 9.17) is 14.2 Å². The van der Waals surface area contributed by atoms with Gasteiger partial charge in [-0.25, -0.2) is 0 Å². The quantitative estimate of drug-likeness (QED) is 0.0261. The topological polar surface area (TPSA) is 78.9 Å². The third-order valence-electron chi connectivity index (χ3n) is 14.5. The number of hydrogen-bond donors (Lipinski definition) is 0. The van der Waals surface area contributed by atoms with Crippen LogP contribution >= 0.6 is 0 Å². The second-order valence-corrected chi connectivity index (χ2v) is 21.7. The molecule has 0 N–H and O–H groups in total. The summed E-state index contributed by atoms with van der Waals surface area (Å²) < 4.78 is 16.9. The third-order valence-corrected chi connectivity index (χ3v) is 14.5. The van der Waals surface area contributed by atoms with Gasteiger partial charge in [0.15, 0.2) is 6.10 Å². The van der Waals surface area contributed by atoms with Crippen LogP contribution in [0.3, 0.4) is 0 Å².